The van der Waals surface area contributed by atoms with E-state index in [-0.39, 0.29) is 6.61 Å². The predicted octanol–water partition coefficient (Wildman–Crippen LogP) is 5.97. The van der Waals surface area contributed by atoms with Gasteiger partial charge in [-0.05, 0) is 28.8 Å². The first kappa shape index (κ1) is 27.3. The van der Waals surface area contributed by atoms with E-state index in [1.807, 2.05) is 121 Å². The Kier molecular flexibility index (Phi) is 9.16. The Balaban J connectivity index is 1.50. The summed E-state index contributed by atoms with van der Waals surface area (Å²) in [5, 5.41) is 22.2. The molecular formula is C31H29IO5S. The molecule has 0 aromatic heterocycles. The van der Waals surface area contributed by atoms with E-state index in [1.165, 1.54) is 11.8 Å². The predicted molar refractivity (Wildman–Crippen MR) is 157 cm³/mol. The Hall–Kier alpha value is -2.24. The number of rotatable bonds is 9. The molecule has 1 aliphatic rings. The third kappa shape index (κ3) is 5.70. The lowest BCUT2D eigenvalue weighted by molar-refractivity contribution is -0.203. The van der Waals surface area contributed by atoms with Crippen LogP contribution in [0, 0.1) is 0 Å². The first-order valence-corrected chi connectivity index (χ1v) is 14.2. The second-order valence-electron chi connectivity index (χ2n) is 9.10. The van der Waals surface area contributed by atoms with Gasteiger partial charge in [0.05, 0.1) is 6.61 Å². The van der Waals surface area contributed by atoms with E-state index < -0.39 is 35.5 Å². The van der Waals surface area contributed by atoms with Crippen molar-refractivity contribution in [2.24, 2.45) is 0 Å². The molecule has 1 fully saturated rings. The van der Waals surface area contributed by atoms with Gasteiger partial charge < -0.3 is 22.8 Å². The maximum absolute atomic E-state index is 11.2. The Labute approximate surface area is 241 Å². The minimum atomic E-state index is -1.09. The lowest BCUT2D eigenvalue weighted by atomic mass is 9.80. The minimum absolute atomic E-state index is 0.0644. The van der Waals surface area contributed by atoms with Crippen LogP contribution < -0.4 is 0 Å². The van der Waals surface area contributed by atoms with Gasteiger partial charge >= 0.3 is 0 Å². The van der Waals surface area contributed by atoms with E-state index >= 15 is 0 Å². The Morgan fingerprint density at radius 3 is 1.58 bits per heavy atom. The molecule has 1 heterocycles. The molecule has 5 rings (SSSR count). The van der Waals surface area contributed by atoms with Gasteiger partial charge in [0, 0.05) is 4.90 Å². The van der Waals surface area contributed by atoms with Gasteiger partial charge in [-0.1, -0.05) is 121 Å². The summed E-state index contributed by atoms with van der Waals surface area (Å²) < 4.78 is 18.7. The zero-order valence-corrected chi connectivity index (χ0v) is 23.5. The van der Waals surface area contributed by atoms with Gasteiger partial charge in [0.15, 0.2) is 0 Å². The van der Waals surface area contributed by atoms with Gasteiger partial charge in [0.25, 0.3) is 0 Å². The highest BCUT2D eigenvalue weighted by Crippen LogP contribution is 2.42. The first-order valence-electron chi connectivity index (χ1n) is 12.4. The number of halogens is 1. The summed E-state index contributed by atoms with van der Waals surface area (Å²) in [5.41, 5.74) is 1.28. The van der Waals surface area contributed by atoms with E-state index in [1.54, 1.807) is 23.0 Å². The molecule has 0 saturated carbocycles. The third-order valence-corrected chi connectivity index (χ3v) is 8.50. The fourth-order valence-corrected chi connectivity index (χ4v) is 6.53. The molecule has 0 spiro atoms. The Bertz CT molecular complexity index is 1170. The summed E-state index contributed by atoms with van der Waals surface area (Å²) in [5.74, 6) is 0. The molecule has 4 aromatic rings. The summed E-state index contributed by atoms with van der Waals surface area (Å²) in [4.78, 5) is 0.951. The molecule has 1 aliphatic heterocycles. The molecule has 0 radical (unpaired) electrons. The monoisotopic (exact) mass is 640 g/mol. The van der Waals surface area contributed by atoms with Gasteiger partial charge in [0.1, 0.15) is 58.5 Å². The van der Waals surface area contributed by atoms with Crippen molar-refractivity contribution in [2.45, 2.75) is 40.3 Å². The van der Waals surface area contributed by atoms with Crippen LogP contribution in [0.5, 0.6) is 0 Å². The average Bonchev–Trinajstić information content (AvgIpc) is 2.98. The second-order valence-corrected chi connectivity index (χ2v) is 10.8. The normalized spacial score (nSPS) is 23.7. The van der Waals surface area contributed by atoms with Crippen molar-refractivity contribution >= 4 is 34.8 Å². The zero-order chi connectivity index (χ0) is 26.4. The van der Waals surface area contributed by atoms with E-state index in [0.29, 0.717) is 0 Å². The van der Waals surface area contributed by atoms with Gasteiger partial charge in [-0.2, -0.15) is 0 Å². The highest BCUT2D eigenvalue weighted by atomic mass is 127. The number of hydrogen-bond donors (Lipinski definition) is 2. The molecule has 7 heteroatoms. The number of ether oxygens (including phenoxy) is 2. The molecule has 2 N–H and O–H groups in total. The van der Waals surface area contributed by atoms with Crippen LogP contribution in [-0.4, -0.2) is 46.7 Å². The van der Waals surface area contributed by atoms with Crippen molar-refractivity contribution in [3.63, 3.8) is 0 Å². The van der Waals surface area contributed by atoms with Gasteiger partial charge in [-0.15, -0.1) is 0 Å². The lowest BCUT2D eigenvalue weighted by Gasteiger charge is -2.43. The standard InChI is InChI=1S/C31H29IO5S/c32-37-29-27(33)26(36-30(28(29)34)38-25-19-11-4-12-20-25)21-35-31(22-13-5-1-6-14-22,23-15-7-2-8-16-23)24-17-9-3-10-18-24/h1-20,26-30,33-34H,21H2. The number of aliphatic hydroxyl groups is 2. The third-order valence-electron chi connectivity index (χ3n) is 6.75. The lowest BCUT2D eigenvalue weighted by Crippen LogP contribution is -2.58. The van der Waals surface area contributed by atoms with Crippen LogP contribution in [0.2, 0.25) is 0 Å². The van der Waals surface area contributed by atoms with Gasteiger partial charge in [-0.3, -0.25) is 0 Å². The van der Waals surface area contributed by atoms with Crippen molar-refractivity contribution in [3.05, 3.63) is 138 Å². The molecular weight excluding hydrogens is 611 g/mol. The second kappa shape index (κ2) is 12.7. The van der Waals surface area contributed by atoms with E-state index in [9.17, 15) is 10.2 Å². The van der Waals surface area contributed by atoms with Crippen molar-refractivity contribution in [2.75, 3.05) is 6.61 Å². The van der Waals surface area contributed by atoms with Gasteiger partial charge in [0.2, 0.25) is 0 Å². The van der Waals surface area contributed by atoms with E-state index in [4.69, 9.17) is 12.5 Å². The summed E-state index contributed by atoms with van der Waals surface area (Å²) >= 11 is 3.13. The molecule has 5 unspecified atom stereocenters. The molecule has 4 aromatic carbocycles. The Morgan fingerprint density at radius 2 is 1.13 bits per heavy atom. The summed E-state index contributed by atoms with van der Waals surface area (Å²) in [6.45, 7) is 0.0644. The van der Waals surface area contributed by atoms with Crippen molar-refractivity contribution in [1.29, 1.82) is 0 Å². The minimum Gasteiger partial charge on any atom is -0.387 e. The zero-order valence-electron chi connectivity index (χ0n) is 20.5. The number of benzene rings is 4. The summed E-state index contributed by atoms with van der Waals surface area (Å²) in [7, 11) is 0. The first-order chi connectivity index (χ1) is 18.6. The largest absolute Gasteiger partial charge is 0.387 e. The summed E-state index contributed by atoms with van der Waals surface area (Å²) in [6.07, 6.45) is -3.69. The topological polar surface area (TPSA) is 68.2 Å². The van der Waals surface area contributed by atoms with Crippen LogP contribution in [0.3, 0.4) is 0 Å². The van der Waals surface area contributed by atoms with Crippen molar-refractivity contribution in [3.8, 4) is 0 Å². The van der Waals surface area contributed by atoms with Crippen LogP contribution >= 0.6 is 34.8 Å². The number of aliphatic hydroxyl groups excluding tert-OH is 2. The quantitative estimate of drug-likeness (QED) is 0.174. The molecule has 38 heavy (non-hydrogen) atoms. The van der Waals surface area contributed by atoms with E-state index in [0.717, 1.165) is 21.6 Å². The molecule has 1 saturated heterocycles. The molecule has 5 nitrogen and oxygen atoms in total. The molecule has 0 bridgehead atoms. The molecule has 0 amide bonds. The average molecular weight is 641 g/mol. The van der Waals surface area contributed by atoms with Crippen LogP contribution in [0.25, 0.3) is 0 Å². The smallest absolute Gasteiger partial charge is 0.143 e. The maximum Gasteiger partial charge on any atom is 0.143 e. The Morgan fingerprint density at radius 1 is 0.684 bits per heavy atom. The highest BCUT2D eigenvalue weighted by Gasteiger charge is 2.47. The van der Waals surface area contributed by atoms with Crippen LogP contribution in [-0.2, 0) is 18.1 Å². The van der Waals surface area contributed by atoms with Crippen LogP contribution in [0.15, 0.2) is 126 Å². The SMILES string of the molecule is OC1C(COC(c2ccccc2)(c2ccccc2)c2ccccc2)OC(Sc2ccccc2)C(O)C1OI. The fraction of sp³-hybridized carbons (Fsp3) is 0.226. The van der Waals surface area contributed by atoms with Crippen LogP contribution in [0.1, 0.15) is 16.7 Å². The van der Waals surface area contributed by atoms with Crippen molar-refractivity contribution < 1.29 is 22.8 Å². The number of thioether (sulfide) groups is 1. The fourth-order valence-electron chi connectivity index (χ4n) is 4.85. The molecule has 196 valence electrons. The maximum atomic E-state index is 11.2. The summed E-state index contributed by atoms with van der Waals surface area (Å²) in [6, 6.07) is 39.9. The number of hydrogen-bond acceptors (Lipinski definition) is 6. The van der Waals surface area contributed by atoms with E-state index in [2.05, 4.69) is 0 Å². The van der Waals surface area contributed by atoms with Crippen LogP contribution in [0.4, 0.5) is 0 Å². The van der Waals surface area contributed by atoms with Crippen molar-refractivity contribution in [1.82, 2.24) is 0 Å². The molecule has 0 aliphatic carbocycles. The highest BCUT2D eigenvalue weighted by molar-refractivity contribution is 14.1. The molecule has 5 atom stereocenters. The van der Waals surface area contributed by atoms with Gasteiger partial charge in [-0.25, -0.2) is 0 Å².